The van der Waals surface area contributed by atoms with Crippen LogP contribution in [0.25, 0.3) is 21.7 Å². The zero-order valence-electron chi connectivity index (χ0n) is 37.2. The highest BCUT2D eigenvalue weighted by Crippen LogP contribution is 2.53. The molecule has 1 saturated heterocycles. The molecule has 2 fully saturated rings. The van der Waals surface area contributed by atoms with Gasteiger partial charge in [0, 0.05) is 73.5 Å². The van der Waals surface area contributed by atoms with Gasteiger partial charge in [-0.1, -0.05) is 13.0 Å². The van der Waals surface area contributed by atoms with Crippen LogP contribution in [0.5, 0.6) is 17.2 Å². The van der Waals surface area contributed by atoms with Crippen LogP contribution >= 0.6 is 0 Å². The van der Waals surface area contributed by atoms with Gasteiger partial charge < -0.3 is 55.5 Å². The monoisotopic (exact) mass is 911 g/mol. The number of carbonyl (C=O) groups is 1. The minimum absolute atomic E-state index is 0.0154. The zero-order chi connectivity index (χ0) is 46.7. The average Bonchev–Trinajstić information content (AvgIpc) is 4.04. The smallest absolute Gasteiger partial charge is 0.222 e. The SMILES string of the molecule is CCC1C2=CC=NC2=C[NH+]1c1c2c(cc3c(=O)cc(C)oc13)CC(OOCC(O)(Cc1ccc(O)c3ccc(O)cc13)C(O)C(O)C(O)CO)C1(CC(C3CNC(=O)C3)CCC1CNC)O2. The van der Waals surface area contributed by atoms with Crippen LogP contribution in [0.3, 0.4) is 0 Å². The zero-order valence-corrected chi connectivity index (χ0v) is 37.2. The van der Waals surface area contributed by atoms with Crippen molar-refractivity contribution in [2.45, 2.75) is 100 Å². The van der Waals surface area contributed by atoms with Gasteiger partial charge in [0.1, 0.15) is 77.4 Å². The Hall–Kier alpha value is -5.21. The predicted octanol–water partition coefficient (Wildman–Crippen LogP) is 1.64. The lowest BCUT2D eigenvalue weighted by Crippen LogP contribution is -3.05. The Morgan fingerprint density at radius 1 is 1.05 bits per heavy atom. The predicted molar refractivity (Wildman–Crippen MR) is 241 cm³/mol. The number of nitrogens with zero attached hydrogens (tertiary/aromatic N) is 1. The first-order valence-electron chi connectivity index (χ1n) is 22.8. The summed E-state index contributed by atoms with van der Waals surface area (Å²) >= 11 is 0. The van der Waals surface area contributed by atoms with Gasteiger partial charge in [0.25, 0.3) is 0 Å². The molecule has 1 amide bonds. The molecule has 1 saturated carbocycles. The number of hydrogen-bond donors (Lipinski definition) is 10. The molecule has 11 atom stereocenters. The number of hydrogen-bond acceptors (Lipinski definition) is 15. The highest BCUT2D eigenvalue weighted by Gasteiger charge is 2.58. The minimum Gasteiger partial charge on any atom is -0.508 e. The van der Waals surface area contributed by atoms with Crippen molar-refractivity contribution in [2.75, 3.05) is 33.4 Å². The lowest BCUT2D eigenvalue weighted by Gasteiger charge is -2.53. The molecule has 1 spiro atoms. The molecule has 10 N–H and O–H groups in total. The normalized spacial score (nSPS) is 28.1. The largest absolute Gasteiger partial charge is 0.508 e. The van der Waals surface area contributed by atoms with Gasteiger partial charge in [0.2, 0.25) is 17.2 Å². The Morgan fingerprint density at radius 3 is 2.61 bits per heavy atom. The number of benzene rings is 3. The minimum atomic E-state index is -2.42. The number of amides is 1. The summed E-state index contributed by atoms with van der Waals surface area (Å²) in [6.45, 7) is 3.17. The van der Waals surface area contributed by atoms with Gasteiger partial charge in [-0.2, -0.15) is 0 Å². The molecule has 0 radical (unpaired) electrons. The number of phenols is 2. The van der Waals surface area contributed by atoms with Crippen LogP contribution in [-0.2, 0) is 27.4 Å². The van der Waals surface area contributed by atoms with Gasteiger partial charge in [0.05, 0.1) is 12.0 Å². The Morgan fingerprint density at radius 2 is 1.86 bits per heavy atom. The molecule has 1 aromatic heterocycles. The maximum Gasteiger partial charge on any atom is 0.222 e. The van der Waals surface area contributed by atoms with Crippen molar-refractivity contribution in [3.05, 3.63) is 93.1 Å². The fraction of sp³-hybridized carbons (Fsp3) is 0.490. The molecule has 5 heterocycles. The fourth-order valence-electron chi connectivity index (χ4n) is 11.3. The van der Waals surface area contributed by atoms with Crippen LogP contribution in [0, 0.1) is 24.7 Å². The number of quaternary nitrogens is 1. The molecule has 17 nitrogen and oxygen atoms in total. The van der Waals surface area contributed by atoms with E-state index in [2.05, 4.69) is 22.5 Å². The molecule has 1 aliphatic carbocycles. The summed E-state index contributed by atoms with van der Waals surface area (Å²) < 4.78 is 14.1. The van der Waals surface area contributed by atoms with Gasteiger partial charge in [-0.25, -0.2) is 9.78 Å². The molecule has 17 heteroatoms. The van der Waals surface area contributed by atoms with Crippen LogP contribution in [0.1, 0.15) is 55.9 Å². The van der Waals surface area contributed by atoms with Gasteiger partial charge >= 0.3 is 0 Å². The first-order chi connectivity index (χ1) is 31.7. The molecule has 4 aromatic rings. The van der Waals surface area contributed by atoms with Crippen molar-refractivity contribution in [3.63, 3.8) is 0 Å². The highest BCUT2D eigenvalue weighted by atomic mass is 17.2. The van der Waals surface area contributed by atoms with Crippen LogP contribution in [0.4, 0.5) is 5.69 Å². The topological polar surface area (TPSA) is 257 Å². The second-order valence-corrected chi connectivity index (χ2v) is 18.8. The van der Waals surface area contributed by atoms with Crippen molar-refractivity contribution in [2.24, 2.45) is 22.7 Å². The molecule has 3 aromatic carbocycles. The number of fused-ring (bicyclic) bond motifs is 4. The number of aryl methyl sites for hydroxylation is 1. The lowest BCUT2D eigenvalue weighted by atomic mass is 9.63. The van der Waals surface area contributed by atoms with E-state index in [4.69, 9.17) is 18.9 Å². The Kier molecular flexibility index (Phi) is 12.6. The number of phenolic OH excluding ortho intramolecular Hbond substituents is 2. The van der Waals surface area contributed by atoms with Gasteiger partial charge in [-0.15, -0.1) is 0 Å². The Labute approximate surface area is 380 Å². The molecule has 4 aliphatic heterocycles. The lowest BCUT2D eigenvalue weighted by molar-refractivity contribution is -0.793. The van der Waals surface area contributed by atoms with Gasteiger partial charge in [-0.05, 0) is 92.4 Å². The number of aliphatic hydroxyl groups excluding tert-OH is 4. The summed E-state index contributed by atoms with van der Waals surface area (Å²) in [5.41, 5.74) is 0.171. The third kappa shape index (κ3) is 8.09. The van der Waals surface area contributed by atoms with Crippen LogP contribution in [0.15, 0.2) is 80.2 Å². The van der Waals surface area contributed by atoms with Crippen molar-refractivity contribution in [3.8, 4) is 17.2 Å². The van der Waals surface area contributed by atoms with E-state index < -0.39 is 55.3 Å². The van der Waals surface area contributed by atoms with E-state index in [9.17, 15) is 45.3 Å². The number of allylic oxidation sites excluding steroid dienone is 1. The number of carbonyl (C=O) groups excluding carboxylic acids is 1. The van der Waals surface area contributed by atoms with Crippen LogP contribution in [0.2, 0.25) is 0 Å². The second-order valence-electron chi connectivity index (χ2n) is 18.8. The first-order valence-corrected chi connectivity index (χ1v) is 22.8. The number of ether oxygens (including phenoxy) is 1. The van der Waals surface area contributed by atoms with Crippen molar-refractivity contribution < 1.29 is 64.4 Å². The summed E-state index contributed by atoms with van der Waals surface area (Å²) in [6, 6.07) is 10.3. The van der Waals surface area contributed by atoms with Crippen LogP contribution in [-0.4, -0.2) is 123 Å². The Balaban J connectivity index is 1.15. The van der Waals surface area contributed by atoms with Crippen molar-refractivity contribution >= 4 is 39.6 Å². The molecule has 66 heavy (non-hydrogen) atoms. The third-order valence-electron chi connectivity index (χ3n) is 14.7. The van der Waals surface area contributed by atoms with Gasteiger partial charge in [-0.3, -0.25) is 19.5 Å². The summed E-state index contributed by atoms with van der Waals surface area (Å²) in [4.78, 5) is 44.7. The maximum atomic E-state index is 13.9. The van der Waals surface area contributed by atoms with E-state index in [0.29, 0.717) is 82.4 Å². The molecule has 0 bridgehead atoms. The van der Waals surface area contributed by atoms with E-state index >= 15 is 0 Å². The fourth-order valence-corrected chi connectivity index (χ4v) is 11.3. The second kappa shape index (κ2) is 18.1. The number of aliphatic hydroxyl groups is 5. The van der Waals surface area contributed by atoms with Gasteiger partial charge in [0.15, 0.2) is 11.2 Å². The summed E-state index contributed by atoms with van der Waals surface area (Å²) in [5, 5.41) is 83.7. The molecular weight excluding hydrogens is 853 g/mol. The van der Waals surface area contributed by atoms with E-state index in [-0.39, 0.29) is 53.1 Å². The average molecular weight is 912 g/mol. The van der Waals surface area contributed by atoms with E-state index in [1.807, 2.05) is 19.3 Å². The maximum absolute atomic E-state index is 13.9. The number of aliphatic imine (C=N–C) groups is 1. The van der Waals surface area contributed by atoms with E-state index in [1.165, 1.54) is 36.4 Å². The summed E-state index contributed by atoms with van der Waals surface area (Å²) in [6.07, 6.45) is 1.71. The molecule has 352 valence electrons. The molecule has 9 rings (SSSR count). The number of nitrogens with one attached hydrogen (secondary N) is 3. The summed E-state index contributed by atoms with van der Waals surface area (Å²) in [5.74, 6) is 0.602. The first kappa shape index (κ1) is 45.9. The number of rotatable bonds is 15. The van der Waals surface area contributed by atoms with Crippen molar-refractivity contribution in [1.82, 2.24) is 10.6 Å². The third-order valence-corrected chi connectivity index (χ3v) is 14.7. The molecule has 11 unspecified atom stereocenters. The number of aromatic hydroxyl groups is 2. The van der Waals surface area contributed by atoms with E-state index in [0.717, 1.165) is 29.0 Å². The summed E-state index contributed by atoms with van der Waals surface area (Å²) in [7, 11) is 1.86. The quantitative estimate of drug-likeness (QED) is 0.0602. The molecular formula is C49H59N4O13+. The highest BCUT2D eigenvalue weighted by molar-refractivity contribution is 5.92. The van der Waals surface area contributed by atoms with Crippen molar-refractivity contribution in [1.29, 1.82) is 0 Å². The Bertz CT molecular complexity index is 2680. The van der Waals surface area contributed by atoms with E-state index in [1.54, 1.807) is 19.2 Å². The standard InChI is InChI=1S/C49H58N4O13/c1-4-37-33-11-12-51-36(33)22-53(37)43-45-28(14-35-39(57)13-25(2)64-46(35)43)15-41(49(65-45)19-26(5-7-30(49)21-50-3)29-16-42(59)52-20-29)66-63-24-48(62,47(61)44(60)40(58)23-54)18-27-6-10-38(56)32-9-8-31(55)17-34(27)32/h6,8-14,17,22,26,29-30,37,40-41,44,47,50,54-56,58,60-62H,4-5,7,15-16,18-21,23-24H2,1-3H3,(H,52,59)/p+1. The molecule has 5 aliphatic rings. The van der Waals surface area contributed by atoms with Crippen LogP contribution < -0.4 is 25.7 Å².